The van der Waals surface area contributed by atoms with Gasteiger partial charge in [0.2, 0.25) is 0 Å². The van der Waals surface area contributed by atoms with Crippen molar-refractivity contribution in [2.45, 2.75) is 39.0 Å². The van der Waals surface area contributed by atoms with Crippen LogP contribution in [-0.2, 0) is 13.2 Å². The predicted molar refractivity (Wildman–Crippen MR) is 101 cm³/mol. The number of ether oxygens (including phenoxy) is 2. The molecule has 1 fully saturated rings. The van der Waals surface area contributed by atoms with Crippen molar-refractivity contribution in [1.82, 2.24) is 5.32 Å². The quantitative estimate of drug-likeness (QED) is 0.604. The van der Waals surface area contributed by atoms with Crippen LogP contribution in [-0.4, -0.2) is 12.6 Å². The molecule has 0 radical (unpaired) electrons. The Morgan fingerprint density at radius 1 is 1.28 bits per heavy atom. The fourth-order valence-electron chi connectivity index (χ4n) is 2.49. The van der Waals surface area contributed by atoms with E-state index in [0.717, 1.165) is 16.6 Å². The summed E-state index contributed by atoms with van der Waals surface area (Å²) in [4.78, 5) is 0. The number of benzene rings is 2. The van der Waals surface area contributed by atoms with Crippen LogP contribution in [0.4, 0.5) is 4.39 Å². The van der Waals surface area contributed by atoms with Gasteiger partial charge in [-0.1, -0.05) is 17.7 Å². The van der Waals surface area contributed by atoms with Crippen LogP contribution < -0.4 is 14.8 Å². The molecule has 0 heterocycles. The summed E-state index contributed by atoms with van der Waals surface area (Å²) >= 11 is 9.61. The summed E-state index contributed by atoms with van der Waals surface area (Å²) in [5.41, 5.74) is 1.44. The molecule has 1 aliphatic carbocycles. The maximum atomic E-state index is 13.9. The van der Waals surface area contributed by atoms with Gasteiger partial charge in [-0.15, -0.1) is 0 Å². The van der Waals surface area contributed by atoms with Crippen molar-refractivity contribution >= 4 is 27.5 Å². The maximum Gasteiger partial charge on any atom is 0.175 e. The van der Waals surface area contributed by atoms with Crippen molar-refractivity contribution in [2.24, 2.45) is 0 Å². The third kappa shape index (κ3) is 4.87. The second-order valence-corrected chi connectivity index (χ2v) is 7.24. The SMILES string of the molecule is CCOc1cc(CNC2CC2)cc(Br)c1OCc1c(F)cccc1Cl. The number of nitrogens with one attached hydrogen (secondary N) is 1. The Morgan fingerprint density at radius 2 is 2.08 bits per heavy atom. The number of rotatable bonds is 8. The van der Waals surface area contributed by atoms with Crippen LogP contribution in [0.5, 0.6) is 11.5 Å². The van der Waals surface area contributed by atoms with E-state index in [9.17, 15) is 4.39 Å². The van der Waals surface area contributed by atoms with Gasteiger partial charge in [-0.25, -0.2) is 4.39 Å². The zero-order valence-corrected chi connectivity index (χ0v) is 16.3. The van der Waals surface area contributed by atoms with Gasteiger partial charge in [0.25, 0.3) is 0 Å². The second-order valence-electron chi connectivity index (χ2n) is 5.98. The largest absolute Gasteiger partial charge is 0.490 e. The first kappa shape index (κ1) is 18.5. The zero-order valence-electron chi connectivity index (χ0n) is 14.0. The van der Waals surface area contributed by atoms with E-state index in [-0.39, 0.29) is 12.4 Å². The first-order chi connectivity index (χ1) is 12.1. The first-order valence-electron chi connectivity index (χ1n) is 8.32. The molecule has 3 nitrogen and oxygen atoms in total. The summed E-state index contributed by atoms with van der Waals surface area (Å²) < 4.78 is 26.3. The van der Waals surface area contributed by atoms with Crippen molar-refractivity contribution < 1.29 is 13.9 Å². The van der Waals surface area contributed by atoms with Gasteiger partial charge >= 0.3 is 0 Å². The molecule has 0 unspecified atom stereocenters. The summed E-state index contributed by atoms with van der Waals surface area (Å²) in [5, 5.41) is 3.82. The Balaban J connectivity index is 1.78. The lowest BCUT2D eigenvalue weighted by molar-refractivity contribution is 0.264. The Bertz CT molecular complexity index is 732. The molecule has 0 aromatic heterocycles. The third-order valence-electron chi connectivity index (χ3n) is 3.96. The molecule has 1 N–H and O–H groups in total. The Morgan fingerprint density at radius 3 is 2.76 bits per heavy atom. The third-order valence-corrected chi connectivity index (χ3v) is 4.91. The fourth-order valence-corrected chi connectivity index (χ4v) is 3.31. The molecule has 0 atom stereocenters. The maximum absolute atomic E-state index is 13.9. The minimum absolute atomic E-state index is 0.0316. The topological polar surface area (TPSA) is 30.5 Å². The number of hydrogen-bond donors (Lipinski definition) is 1. The minimum atomic E-state index is -0.383. The summed E-state index contributed by atoms with van der Waals surface area (Å²) in [6.45, 7) is 3.25. The van der Waals surface area contributed by atoms with E-state index < -0.39 is 0 Å². The first-order valence-corrected chi connectivity index (χ1v) is 9.50. The zero-order chi connectivity index (χ0) is 17.8. The van der Waals surface area contributed by atoms with E-state index in [1.165, 1.54) is 18.9 Å². The molecule has 2 aromatic rings. The van der Waals surface area contributed by atoms with Crippen molar-refractivity contribution in [3.05, 3.63) is 56.8 Å². The standard InChI is InChI=1S/C19H20BrClFNO2/c1-2-24-18-9-12(10-23-13-6-7-13)8-15(20)19(18)25-11-14-16(21)4-3-5-17(14)22/h3-5,8-9,13,23H,2,6-7,10-11H2,1H3. The minimum Gasteiger partial charge on any atom is -0.490 e. The van der Waals surface area contributed by atoms with Crippen molar-refractivity contribution in [3.63, 3.8) is 0 Å². The van der Waals surface area contributed by atoms with E-state index >= 15 is 0 Å². The van der Waals surface area contributed by atoms with Gasteiger partial charge < -0.3 is 14.8 Å². The highest BCUT2D eigenvalue weighted by atomic mass is 79.9. The molecule has 134 valence electrons. The van der Waals surface area contributed by atoms with Gasteiger partial charge in [-0.3, -0.25) is 0 Å². The molecule has 6 heteroatoms. The van der Waals surface area contributed by atoms with E-state index in [1.807, 2.05) is 19.1 Å². The number of halogens is 3. The van der Waals surface area contributed by atoms with Crippen LogP contribution in [0.3, 0.4) is 0 Å². The molecule has 0 aliphatic heterocycles. The van der Waals surface area contributed by atoms with Gasteiger partial charge in [0.1, 0.15) is 12.4 Å². The summed E-state index contributed by atoms with van der Waals surface area (Å²) in [6, 6.07) is 9.18. The lowest BCUT2D eigenvalue weighted by Gasteiger charge is -2.16. The molecule has 1 saturated carbocycles. The van der Waals surface area contributed by atoms with Crippen LogP contribution in [0.2, 0.25) is 5.02 Å². The highest BCUT2D eigenvalue weighted by molar-refractivity contribution is 9.10. The Hall–Kier alpha value is -1.30. The summed E-state index contributed by atoms with van der Waals surface area (Å²) in [6.07, 6.45) is 2.48. The van der Waals surface area contributed by atoms with Crippen LogP contribution >= 0.6 is 27.5 Å². The lowest BCUT2D eigenvalue weighted by Crippen LogP contribution is -2.15. The molecule has 0 spiro atoms. The lowest BCUT2D eigenvalue weighted by atomic mass is 10.2. The van der Waals surface area contributed by atoms with E-state index in [0.29, 0.717) is 34.7 Å². The molecule has 1 aliphatic rings. The normalized spacial score (nSPS) is 13.8. The molecular formula is C19H20BrClFNO2. The molecule has 2 aromatic carbocycles. The van der Waals surface area contributed by atoms with E-state index in [4.69, 9.17) is 21.1 Å². The smallest absolute Gasteiger partial charge is 0.175 e. The molecule has 25 heavy (non-hydrogen) atoms. The highest BCUT2D eigenvalue weighted by Gasteiger charge is 2.21. The average Bonchev–Trinajstić information content (AvgIpc) is 3.39. The number of hydrogen-bond acceptors (Lipinski definition) is 3. The van der Waals surface area contributed by atoms with Crippen LogP contribution in [0.25, 0.3) is 0 Å². The summed E-state index contributed by atoms with van der Waals surface area (Å²) in [5.74, 6) is 0.806. The van der Waals surface area contributed by atoms with Crippen LogP contribution in [0.15, 0.2) is 34.8 Å². The van der Waals surface area contributed by atoms with Crippen molar-refractivity contribution in [3.8, 4) is 11.5 Å². The van der Waals surface area contributed by atoms with Gasteiger partial charge in [-0.05, 0) is 65.5 Å². The van der Waals surface area contributed by atoms with Gasteiger partial charge in [0, 0.05) is 18.2 Å². The van der Waals surface area contributed by atoms with E-state index in [2.05, 4.69) is 21.2 Å². The van der Waals surface area contributed by atoms with Crippen molar-refractivity contribution in [2.75, 3.05) is 6.61 Å². The monoisotopic (exact) mass is 427 g/mol. The summed E-state index contributed by atoms with van der Waals surface area (Å²) in [7, 11) is 0. The second kappa shape index (κ2) is 8.39. The average molecular weight is 429 g/mol. The van der Waals surface area contributed by atoms with Gasteiger partial charge in [0.15, 0.2) is 11.5 Å². The predicted octanol–water partition coefficient (Wildman–Crippen LogP) is 5.47. The molecule has 0 amide bonds. The van der Waals surface area contributed by atoms with Gasteiger partial charge in [-0.2, -0.15) is 0 Å². The molecule has 0 bridgehead atoms. The molecule has 0 saturated heterocycles. The molecule has 3 rings (SSSR count). The molecular weight excluding hydrogens is 409 g/mol. The fraction of sp³-hybridized carbons (Fsp3) is 0.368. The highest BCUT2D eigenvalue weighted by Crippen LogP contribution is 2.38. The van der Waals surface area contributed by atoms with Gasteiger partial charge in [0.05, 0.1) is 16.1 Å². The Labute approximate surface area is 160 Å². The van der Waals surface area contributed by atoms with Crippen molar-refractivity contribution in [1.29, 1.82) is 0 Å². The van der Waals surface area contributed by atoms with Crippen LogP contribution in [0, 0.1) is 5.82 Å². The van der Waals surface area contributed by atoms with E-state index in [1.54, 1.807) is 12.1 Å². The Kier molecular flexibility index (Phi) is 6.20. The van der Waals surface area contributed by atoms with Crippen LogP contribution in [0.1, 0.15) is 30.9 Å².